The van der Waals surface area contributed by atoms with Gasteiger partial charge in [0, 0.05) is 4.90 Å². The Hall–Kier alpha value is -0.690. The molecule has 1 aromatic carbocycles. The summed E-state index contributed by atoms with van der Waals surface area (Å²) in [6.45, 7) is 0. The van der Waals surface area contributed by atoms with Gasteiger partial charge >= 0.3 is 5.51 Å². The normalized spacial score (nSPS) is 13.5. The zero-order valence-electron chi connectivity index (χ0n) is 9.32. The lowest BCUT2D eigenvalue weighted by molar-refractivity contribution is -0.0328. The Morgan fingerprint density at radius 1 is 1.16 bits per heavy atom. The molecule has 0 fully saturated rings. The van der Waals surface area contributed by atoms with E-state index in [-0.39, 0.29) is 16.7 Å². The highest BCUT2D eigenvalue weighted by atomic mass is 35.5. The predicted molar refractivity (Wildman–Crippen MR) is 71.7 cm³/mol. The fraction of sp³-hybridized carbons (Fsp3) is 0.167. The zero-order chi connectivity index (χ0) is 14.0. The van der Waals surface area contributed by atoms with Gasteiger partial charge in [-0.05, 0) is 40.9 Å². The second-order valence-electron chi connectivity index (χ2n) is 3.65. The van der Waals surface area contributed by atoms with Crippen molar-refractivity contribution in [2.45, 2.75) is 16.5 Å². The molecule has 0 amide bonds. The number of thiophene rings is 1. The molecule has 0 radical (unpaired) electrons. The van der Waals surface area contributed by atoms with E-state index in [1.807, 2.05) is 0 Å². The number of aliphatic hydroxyl groups excluding tert-OH is 1. The Bertz CT molecular complexity index is 551. The average molecular weight is 325 g/mol. The van der Waals surface area contributed by atoms with Gasteiger partial charge in [0.2, 0.25) is 0 Å². The summed E-state index contributed by atoms with van der Waals surface area (Å²) in [4.78, 5) is 0.665. The van der Waals surface area contributed by atoms with Crippen molar-refractivity contribution in [3.05, 3.63) is 51.2 Å². The number of hydrogen-bond donors (Lipinski definition) is 1. The summed E-state index contributed by atoms with van der Waals surface area (Å²) in [6, 6.07) is 7.26. The Kier molecular flexibility index (Phi) is 4.45. The molecule has 0 saturated carbocycles. The minimum absolute atomic E-state index is 0.0840. The van der Waals surface area contributed by atoms with E-state index in [0.717, 1.165) is 0 Å². The summed E-state index contributed by atoms with van der Waals surface area (Å²) < 4.78 is 36.5. The number of alkyl halides is 3. The highest BCUT2D eigenvalue weighted by Crippen LogP contribution is 2.38. The van der Waals surface area contributed by atoms with E-state index < -0.39 is 11.6 Å². The minimum Gasteiger partial charge on any atom is -0.383 e. The van der Waals surface area contributed by atoms with Gasteiger partial charge in [-0.2, -0.15) is 13.2 Å². The molecule has 2 rings (SSSR count). The van der Waals surface area contributed by atoms with Crippen LogP contribution in [0.3, 0.4) is 0 Å². The number of thioether (sulfide) groups is 1. The molecule has 2 aromatic rings. The van der Waals surface area contributed by atoms with Crippen molar-refractivity contribution in [3.63, 3.8) is 0 Å². The fourth-order valence-electron chi connectivity index (χ4n) is 1.50. The second-order valence-corrected chi connectivity index (χ2v) is 6.15. The lowest BCUT2D eigenvalue weighted by Crippen LogP contribution is -2.00. The summed E-state index contributed by atoms with van der Waals surface area (Å²) >= 11 is 7.02. The maximum absolute atomic E-state index is 12.2. The molecule has 19 heavy (non-hydrogen) atoms. The Morgan fingerprint density at radius 2 is 1.79 bits per heavy atom. The van der Waals surface area contributed by atoms with E-state index in [2.05, 4.69) is 0 Å². The molecular weight excluding hydrogens is 317 g/mol. The van der Waals surface area contributed by atoms with Gasteiger partial charge in [0.1, 0.15) is 6.10 Å². The lowest BCUT2D eigenvalue weighted by atomic mass is 10.1. The molecule has 0 bridgehead atoms. The number of halogens is 4. The van der Waals surface area contributed by atoms with Crippen molar-refractivity contribution >= 4 is 34.7 Å². The van der Waals surface area contributed by atoms with E-state index in [4.69, 9.17) is 11.6 Å². The molecule has 0 spiro atoms. The van der Waals surface area contributed by atoms with Crippen LogP contribution in [0.4, 0.5) is 13.2 Å². The van der Waals surface area contributed by atoms with Crippen LogP contribution in [-0.4, -0.2) is 10.6 Å². The van der Waals surface area contributed by atoms with Crippen LogP contribution < -0.4 is 0 Å². The average Bonchev–Trinajstić information content (AvgIpc) is 2.73. The van der Waals surface area contributed by atoms with E-state index in [1.54, 1.807) is 11.4 Å². The summed E-state index contributed by atoms with van der Waals surface area (Å²) in [5.74, 6) is 0. The van der Waals surface area contributed by atoms with Gasteiger partial charge in [-0.1, -0.05) is 23.7 Å². The molecule has 1 aromatic heterocycles. The molecule has 0 saturated heterocycles. The Morgan fingerprint density at radius 3 is 2.26 bits per heavy atom. The maximum Gasteiger partial charge on any atom is 0.446 e. The van der Waals surface area contributed by atoms with E-state index in [1.165, 1.54) is 35.6 Å². The van der Waals surface area contributed by atoms with Gasteiger partial charge in [0.05, 0.1) is 9.90 Å². The predicted octanol–water partition coefficient (Wildman–Crippen LogP) is 5.10. The van der Waals surface area contributed by atoms with Gasteiger partial charge in [-0.3, -0.25) is 0 Å². The second kappa shape index (κ2) is 5.75. The van der Waals surface area contributed by atoms with Crippen molar-refractivity contribution < 1.29 is 18.3 Å². The quantitative estimate of drug-likeness (QED) is 0.793. The third kappa shape index (κ3) is 3.89. The molecular formula is C12H8ClF3OS2. The number of hydrogen-bond acceptors (Lipinski definition) is 3. The number of rotatable bonds is 3. The smallest absolute Gasteiger partial charge is 0.383 e. The third-order valence-corrected chi connectivity index (χ3v) is 4.47. The van der Waals surface area contributed by atoms with Gasteiger partial charge in [-0.15, -0.1) is 11.3 Å². The van der Waals surface area contributed by atoms with E-state index in [9.17, 15) is 18.3 Å². The first kappa shape index (κ1) is 14.7. The molecule has 1 unspecified atom stereocenters. The van der Waals surface area contributed by atoms with Crippen LogP contribution in [0.15, 0.2) is 40.6 Å². The zero-order valence-corrected chi connectivity index (χ0v) is 11.7. The molecule has 0 aliphatic carbocycles. The number of aliphatic hydroxyl groups is 1. The molecule has 102 valence electrons. The molecule has 1 N–H and O–H groups in total. The highest BCUT2D eigenvalue weighted by molar-refractivity contribution is 8.00. The van der Waals surface area contributed by atoms with Crippen LogP contribution in [0.5, 0.6) is 0 Å². The molecule has 0 aliphatic heterocycles. The van der Waals surface area contributed by atoms with Crippen LogP contribution in [0, 0.1) is 0 Å². The van der Waals surface area contributed by atoms with Crippen molar-refractivity contribution in [1.29, 1.82) is 0 Å². The maximum atomic E-state index is 12.2. The van der Waals surface area contributed by atoms with Crippen molar-refractivity contribution in [3.8, 4) is 0 Å². The minimum atomic E-state index is -4.31. The Balaban J connectivity index is 2.17. The lowest BCUT2D eigenvalue weighted by Gasteiger charge is -2.11. The van der Waals surface area contributed by atoms with Crippen LogP contribution >= 0.6 is 34.7 Å². The first-order valence-corrected chi connectivity index (χ1v) is 7.21. The topological polar surface area (TPSA) is 20.2 Å². The first-order chi connectivity index (χ1) is 8.87. The Labute approximate surface area is 121 Å². The summed E-state index contributed by atoms with van der Waals surface area (Å²) in [7, 11) is 0. The van der Waals surface area contributed by atoms with Gasteiger partial charge in [0.15, 0.2) is 0 Å². The van der Waals surface area contributed by atoms with Gasteiger partial charge < -0.3 is 5.11 Å². The SMILES string of the molecule is OC(c1ccc(SC(F)(F)F)cc1)c1sccc1Cl. The summed E-state index contributed by atoms with van der Waals surface area (Å²) in [6.07, 6.45) is -0.919. The van der Waals surface area contributed by atoms with Crippen LogP contribution in [0.25, 0.3) is 0 Å². The van der Waals surface area contributed by atoms with Crippen molar-refractivity contribution in [2.75, 3.05) is 0 Å². The van der Waals surface area contributed by atoms with E-state index in [0.29, 0.717) is 15.5 Å². The molecule has 0 aliphatic rings. The van der Waals surface area contributed by atoms with Crippen molar-refractivity contribution in [1.82, 2.24) is 0 Å². The van der Waals surface area contributed by atoms with Gasteiger partial charge in [0.25, 0.3) is 0 Å². The largest absolute Gasteiger partial charge is 0.446 e. The summed E-state index contributed by atoms with van der Waals surface area (Å²) in [5, 5.41) is 12.3. The van der Waals surface area contributed by atoms with Gasteiger partial charge in [-0.25, -0.2) is 0 Å². The van der Waals surface area contributed by atoms with Crippen LogP contribution in [0.1, 0.15) is 16.5 Å². The number of benzene rings is 1. The molecule has 1 nitrogen and oxygen atoms in total. The van der Waals surface area contributed by atoms with Crippen LogP contribution in [-0.2, 0) is 0 Å². The van der Waals surface area contributed by atoms with Crippen molar-refractivity contribution in [2.24, 2.45) is 0 Å². The summed E-state index contributed by atoms with van der Waals surface area (Å²) in [5.41, 5.74) is -3.80. The molecule has 1 heterocycles. The first-order valence-electron chi connectivity index (χ1n) is 5.13. The highest BCUT2D eigenvalue weighted by Gasteiger charge is 2.29. The fourth-order valence-corrected chi connectivity index (χ4v) is 3.21. The third-order valence-electron chi connectivity index (χ3n) is 2.32. The standard InChI is InChI=1S/C12H8ClF3OS2/c13-9-5-6-18-11(9)10(17)7-1-3-8(4-2-7)19-12(14,15)16/h1-6,10,17H. The molecule has 1 atom stereocenters. The van der Waals surface area contributed by atoms with Crippen LogP contribution in [0.2, 0.25) is 5.02 Å². The molecule has 7 heteroatoms. The van der Waals surface area contributed by atoms with E-state index >= 15 is 0 Å². The monoisotopic (exact) mass is 324 g/mol.